The molecule has 0 saturated carbocycles. The van der Waals surface area contributed by atoms with Gasteiger partial charge in [-0.1, -0.05) is 0 Å². The summed E-state index contributed by atoms with van der Waals surface area (Å²) in [5.41, 5.74) is 0.803. The van der Waals surface area contributed by atoms with Crippen molar-refractivity contribution in [3.8, 4) is 0 Å². The van der Waals surface area contributed by atoms with Crippen LogP contribution in [0.4, 0.5) is 0 Å². The number of rotatable bonds is 7. The van der Waals surface area contributed by atoms with Crippen LogP contribution in [-0.4, -0.2) is 54.4 Å². The van der Waals surface area contributed by atoms with Crippen LogP contribution in [0.15, 0.2) is 24.5 Å². The predicted molar refractivity (Wildman–Crippen MR) is 77.4 cm³/mol. The number of carbonyl (C=O) groups is 1. The van der Waals surface area contributed by atoms with Crippen molar-refractivity contribution in [3.63, 3.8) is 0 Å². The second-order valence-corrected chi connectivity index (χ2v) is 6.43. The SMILES string of the molecule is CCN(CC)C(=O)CN(Cc1ccncc1)S(C)(=O)=O. The van der Waals surface area contributed by atoms with E-state index in [-0.39, 0.29) is 19.0 Å². The maximum Gasteiger partial charge on any atom is 0.237 e. The first-order chi connectivity index (χ1) is 9.38. The van der Waals surface area contributed by atoms with E-state index in [1.807, 2.05) is 13.8 Å². The Balaban J connectivity index is 2.84. The van der Waals surface area contributed by atoms with Crippen molar-refractivity contribution in [2.24, 2.45) is 0 Å². The minimum Gasteiger partial charge on any atom is -0.342 e. The molecule has 1 aromatic rings. The third kappa shape index (κ3) is 4.90. The summed E-state index contributed by atoms with van der Waals surface area (Å²) in [6, 6.07) is 3.47. The van der Waals surface area contributed by atoms with Gasteiger partial charge in [0.25, 0.3) is 0 Å². The van der Waals surface area contributed by atoms with Gasteiger partial charge in [0.05, 0.1) is 12.8 Å². The van der Waals surface area contributed by atoms with Gasteiger partial charge in [0.2, 0.25) is 15.9 Å². The van der Waals surface area contributed by atoms with Crippen LogP contribution in [0.5, 0.6) is 0 Å². The van der Waals surface area contributed by atoms with Crippen molar-refractivity contribution in [3.05, 3.63) is 30.1 Å². The Hall–Kier alpha value is -1.47. The third-order valence-corrected chi connectivity index (χ3v) is 4.20. The first-order valence-electron chi connectivity index (χ1n) is 6.50. The highest BCUT2D eigenvalue weighted by Crippen LogP contribution is 2.08. The van der Waals surface area contributed by atoms with Gasteiger partial charge in [0.1, 0.15) is 0 Å². The number of pyridine rings is 1. The summed E-state index contributed by atoms with van der Waals surface area (Å²) >= 11 is 0. The van der Waals surface area contributed by atoms with E-state index >= 15 is 0 Å². The van der Waals surface area contributed by atoms with E-state index in [0.29, 0.717) is 13.1 Å². The number of aromatic nitrogens is 1. The molecule has 0 aliphatic carbocycles. The topological polar surface area (TPSA) is 70.6 Å². The average Bonchev–Trinajstić information content (AvgIpc) is 2.39. The fourth-order valence-electron chi connectivity index (χ4n) is 1.81. The maximum atomic E-state index is 12.1. The van der Waals surface area contributed by atoms with Gasteiger partial charge in [-0.2, -0.15) is 4.31 Å². The van der Waals surface area contributed by atoms with E-state index in [1.165, 1.54) is 4.31 Å². The Morgan fingerprint density at radius 3 is 2.20 bits per heavy atom. The zero-order chi connectivity index (χ0) is 15.2. The second kappa shape index (κ2) is 7.35. The monoisotopic (exact) mass is 299 g/mol. The van der Waals surface area contributed by atoms with Crippen molar-refractivity contribution in [2.75, 3.05) is 25.9 Å². The largest absolute Gasteiger partial charge is 0.342 e. The van der Waals surface area contributed by atoms with Crippen LogP contribution in [0.1, 0.15) is 19.4 Å². The summed E-state index contributed by atoms with van der Waals surface area (Å²) in [7, 11) is -3.44. The zero-order valence-corrected chi connectivity index (χ0v) is 12.9. The standard InChI is InChI=1S/C13H21N3O3S/c1-4-15(5-2)13(17)11-16(20(3,18)19)10-12-6-8-14-9-7-12/h6-9H,4-5,10-11H2,1-3H3. The minimum atomic E-state index is -3.44. The van der Waals surface area contributed by atoms with E-state index in [0.717, 1.165) is 11.8 Å². The van der Waals surface area contributed by atoms with E-state index in [2.05, 4.69) is 4.98 Å². The Bertz CT molecular complexity index is 527. The molecule has 1 amide bonds. The van der Waals surface area contributed by atoms with Gasteiger partial charge < -0.3 is 4.90 Å². The van der Waals surface area contributed by atoms with Crippen molar-refractivity contribution >= 4 is 15.9 Å². The lowest BCUT2D eigenvalue weighted by atomic mass is 10.3. The molecule has 1 heterocycles. The van der Waals surface area contributed by atoms with Gasteiger partial charge in [-0.05, 0) is 31.5 Å². The Kier molecular flexibility index (Phi) is 6.09. The molecule has 0 aromatic carbocycles. The van der Waals surface area contributed by atoms with Crippen LogP contribution in [0.2, 0.25) is 0 Å². The third-order valence-electron chi connectivity index (χ3n) is 3.01. The molecule has 0 fully saturated rings. The molecule has 0 N–H and O–H groups in total. The number of hydrogen-bond donors (Lipinski definition) is 0. The van der Waals surface area contributed by atoms with Gasteiger partial charge in [0.15, 0.2) is 0 Å². The van der Waals surface area contributed by atoms with Crippen LogP contribution in [0.3, 0.4) is 0 Å². The number of carbonyl (C=O) groups excluding carboxylic acids is 1. The maximum absolute atomic E-state index is 12.1. The number of nitrogens with zero attached hydrogens (tertiary/aromatic N) is 3. The van der Waals surface area contributed by atoms with E-state index in [1.54, 1.807) is 29.4 Å². The summed E-state index contributed by atoms with van der Waals surface area (Å²) in [4.78, 5) is 17.6. The van der Waals surface area contributed by atoms with Crippen molar-refractivity contribution in [1.82, 2.24) is 14.2 Å². The lowest BCUT2D eigenvalue weighted by Gasteiger charge is -2.24. The van der Waals surface area contributed by atoms with Crippen LogP contribution in [0, 0.1) is 0 Å². The van der Waals surface area contributed by atoms with Crippen LogP contribution < -0.4 is 0 Å². The van der Waals surface area contributed by atoms with Gasteiger partial charge in [-0.3, -0.25) is 9.78 Å². The molecule has 6 nitrogen and oxygen atoms in total. The number of likely N-dealkylation sites (N-methyl/N-ethyl adjacent to an activating group) is 1. The molecular weight excluding hydrogens is 278 g/mol. The van der Waals surface area contributed by atoms with E-state index < -0.39 is 10.0 Å². The van der Waals surface area contributed by atoms with Crippen LogP contribution >= 0.6 is 0 Å². The molecule has 112 valence electrons. The van der Waals surface area contributed by atoms with Crippen molar-refractivity contribution in [1.29, 1.82) is 0 Å². The molecule has 0 bridgehead atoms. The molecule has 1 rings (SSSR count). The molecule has 0 radical (unpaired) electrons. The molecule has 0 aliphatic rings. The number of amides is 1. The van der Waals surface area contributed by atoms with Gasteiger partial charge in [-0.15, -0.1) is 0 Å². The highest BCUT2D eigenvalue weighted by molar-refractivity contribution is 7.88. The Morgan fingerprint density at radius 2 is 1.75 bits per heavy atom. The summed E-state index contributed by atoms with van der Waals surface area (Å²) in [6.45, 7) is 4.92. The quantitative estimate of drug-likeness (QED) is 0.743. The van der Waals surface area contributed by atoms with Crippen molar-refractivity contribution in [2.45, 2.75) is 20.4 Å². The molecule has 0 saturated heterocycles. The number of hydrogen-bond acceptors (Lipinski definition) is 4. The highest BCUT2D eigenvalue weighted by atomic mass is 32.2. The van der Waals surface area contributed by atoms with E-state index in [4.69, 9.17) is 0 Å². The highest BCUT2D eigenvalue weighted by Gasteiger charge is 2.22. The normalized spacial score (nSPS) is 11.6. The lowest BCUT2D eigenvalue weighted by Crippen LogP contribution is -2.42. The first kappa shape index (κ1) is 16.6. The van der Waals surface area contributed by atoms with E-state index in [9.17, 15) is 13.2 Å². The Morgan fingerprint density at radius 1 is 1.20 bits per heavy atom. The predicted octanol–water partition coefficient (Wildman–Crippen LogP) is 0.712. The summed E-state index contributed by atoms with van der Waals surface area (Å²) in [5, 5.41) is 0. The summed E-state index contributed by atoms with van der Waals surface area (Å²) in [6.07, 6.45) is 4.31. The smallest absolute Gasteiger partial charge is 0.237 e. The van der Waals surface area contributed by atoms with Crippen molar-refractivity contribution < 1.29 is 13.2 Å². The molecular formula is C13H21N3O3S. The lowest BCUT2D eigenvalue weighted by molar-refractivity contribution is -0.131. The summed E-state index contributed by atoms with van der Waals surface area (Å²) in [5.74, 6) is -0.186. The molecule has 0 spiro atoms. The average molecular weight is 299 g/mol. The zero-order valence-electron chi connectivity index (χ0n) is 12.1. The molecule has 20 heavy (non-hydrogen) atoms. The van der Waals surface area contributed by atoms with Gasteiger partial charge in [-0.25, -0.2) is 8.42 Å². The number of sulfonamides is 1. The summed E-state index contributed by atoms with van der Waals surface area (Å²) < 4.78 is 24.8. The molecule has 1 aromatic heterocycles. The molecule has 0 atom stereocenters. The van der Waals surface area contributed by atoms with Crippen LogP contribution in [-0.2, 0) is 21.4 Å². The fraction of sp³-hybridized carbons (Fsp3) is 0.538. The minimum absolute atomic E-state index is 0.136. The molecule has 0 aliphatic heterocycles. The fourth-order valence-corrected chi connectivity index (χ4v) is 2.54. The van der Waals surface area contributed by atoms with Gasteiger partial charge >= 0.3 is 0 Å². The second-order valence-electron chi connectivity index (χ2n) is 4.45. The molecule has 7 heteroatoms. The Labute approximate surface area is 120 Å². The van der Waals surface area contributed by atoms with Gasteiger partial charge in [0, 0.05) is 32.0 Å². The van der Waals surface area contributed by atoms with Crippen LogP contribution in [0.25, 0.3) is 0 Å². The first-order valence-corrected chi connectivity index (χ1v) is 8.35. The molecule has 0 unspecified atom stereocenters.